The Labute approximate surface area is 282 Å². The van der Waals surface area contributed by atoms with E-state index in [0.29, 0.717) is 17.8 Å². The lowest BCUT2D eigenvalue weighted by Crippen LogP contribution is -2.52. The maximum Gasteiger partial charge on any atom is 0.229 e. The Kier molecular flexibility index (Phi) is 10.4. The first-order valence-electron chi connectivity index (χ1n) is 16.1. The van der Waals surface area contributed by atoms with Crippen LogP contribution in [0.15, 0.2) is 53.3 Å². The fourth-order valence-electron chi connectivity index (χ4n) is 6.47. The van der Waals surface area contributed by atoms with Crippen molar-refractivity contribution in [2.24, 2.45) is 0 Å². The number of aromatic amines is 1. The van der Waals surface area contributed by atoms with Gasteiger partial charge in [-0.05, 0) is 90.7 Å². The summed E-state index contributed by atoms with van der Waals surface area (Å²) in [4.78, 5) is 17.1. The number of hydrogen-bond acceptors (Lipinski definition) is 9. The van der Waals surface area contributed by atoms with Crippen molar-refractivity contribution in [1.82, 2.24) is 30.0 Å². The van der Waals surface area contributed by atoms with E-state index in [4.69, 9.17) is 9.72 Å². The molecule has 0 amide bonds. The smallest absolute Gasteiger partial charge is 0.229 e. The van der Waals surface area contributed by atoms with E-state index in [2.05, 4.69) is 114 Å². The van der Waals surface area contributed by atoms with Crippen LogP contribution in [-0.2, 0) is 6.42 Å². The van der Waals surface area contributed by atoms with Gasteiger partial charge in [-0.3, -0.25) is 10.00 Å². The first kappa shape index (κ1) is 32.7. The first-order valence-corrected chi connectivity index (χ1v) is 19.1. The van der Waals surface area contributed by atoms with Crippen LogP contribution in [0.4, 0.5) is 28.8 Å². The molecule has 4 aromatic rings. The third kappa shape index (κ3) is 7.33. The van der Waals surface area contributed by atoms with E-state index in [1.807, 2.05) is 6.07 Å². The SMILES string of the molecule is CCc1cc(Nc2ncc(Br)c(Nc3ccc(-c4ccn[nH]4)cc3P(C)C)n2)c(OC)cc1N1CCC(N2CCN(C)CC2)CC1. The zero-order valence-electron chi connectivity index (χ0n) is 27.5. The van der Waals surface area contributed by atoms with Crippen molar-refractivity contribution in [2.45, 2.75) is 32.2 Å². The molecule has 3 N–H and O–H groups in total. The molecule has 2 fully saturated rings. The van der Waals surface area contributed by atoms with Gasteiger partial charge in [-0.25, -0.2) is 4.98 Å². The number of halogens is 1. The molecule has 2 aromatic carbocycles. The second-order valence-electron chi connectivity index (χ2n) is 12.3. The lowest BCUT2D eigenvalue weighted by atomic mass is 9.99. The van der Waals surface area contributed by atoms with Gasteiger partial charge in [-0.2, -0.15) is 10.1 Å². The van der Waals surface area contributed by atoms with Gasteiger partial charge >= 0.3 is 0 Å². The van der Waals surface area contributed by atoms with E-state index in [-0.39, 0.29) is 7.92 Å². The number of piperidine rings is 1. The lowest BCUT2D eigenvalue weighted by molar-refractivity contribution is 0.0982. The second kappa shape index (κ2) is 14.7. The van der Waals surface area contributed by atoms with Crippen LogP contribution < -0.4 is 25.6 Å². The van der Waals surface area contributed by atoms with E-state index >= 15 is 0 Å². The van der Waals surface area contributed by atoms with Gasteiger partial charge in [-0.15, -0.1) is 0 Å². The molecule has 46 heavy (non-hydrogen) atoms. The highest BCUT2D eigenvalue weighted by Gasteiger charge is 2.28. The Morgan fingerprint density at radius 2 is 1.78 bits per heavy atom. The van der Waals surface area contributed by atoms with E-state index in [1.165, 1.54) is 55.6 Å². The van der Waals surface area contributed by atoms with Gasteiger partial charge in [0.15, 0.2) is 0 Å². The van der Waals surface area contributed by atoms with Gasteiger partial charge < -0.3 is 25.2 Å². The minimum absolute atomic E-state index is 0.387. The molecule has 2 saturated heterocycles. The molecule has 4 heterocycles. The Bertz CT molecular complexity index is 1620. The average molecular weight is 707 g/mol. The number of hydrogen-bond donors (Lipinski definition) is 3. The lowest BCUT2D eigenvalue weighted by Gasteiger charge is -2.43. The van der Waals surface area contributed by atoms with Crippen molar-refractivity contribution < 1.29 is 4.74 Å². The molecule has 0 saturated carbocycles. The summed E-state index contributed by atoms with van der Waals surface area (Å²) >= 11 is 3.66. The summed E-state index contributed by atoms with van der Waals surface area (Å²) in [7, 11) is 3.57. The standard InChI is InChI=1S/C34H45BrN9OP/c1-6-23-19-29(31(45-3)21-30(23)44-13-10-25(11-14-44)43-17-15-42(2)16-18-43)39-34-36-22-26(35)33(40-34)38-28-8-7-24(20-32(28)46(4)5)27-9-12-37-41-27/h7-9,12,19-22,25H,6,10-11,13-18H2,1-5H3,(H,37,41)(H2,36,38,39,40). The largest absolute Gasteiger partial charge is 0.494 e. The molecular formula is C34H45BrN9OP. The van der Waals surface area contributed by atoms with Crippen LogP contribution in [0.2, 0.25) is 0 Å². The van der Waals surface area contributed by atoms with Crippen molar-refractivity contribution in [3.63, 3.8) is 0 Å². The second-order valence-corrected chi connectivity index (χ2v) is 15.5. The van der Waals surface area contributed by atoms with Crippen LogP contribution in [0, 0.1) is 0 Å². The van der Waals surface area contributed by atoms with Crippen LogP contribution >= 0.6 is 23.9 Å². The van der Waals surface area contributed by atoms with Gasteiger partial charge in [0.05, 0.1) is 23.0 Å². The van der Waals surface area contributed by atoms with Crippen LogP contribution in [-0.4, -0.2) is 103 Å². The van der Waals surface area contributed by atoms with E-state index in [9.17, 15) is 0 Å². The summed E-state index contributed by atoms with van der Waals surface area (Å²) in [6.07, 6.45) is 6.88. The summed E-state index contributed by atoms with van der Waals surface area (Å²) in [6.45, 7) is 13.6. The summed E-state index contributed by atoms with van der Waals surface area (Å²) in [5, 5.41) is 15.4. The average Bonchev–Trinajstić information content (AvgIpc) is 3.62. The van der Waals surface area contributed by atoms with Gasteiger partial charge in [-0.1, -0.05) is 20.9 Å². The van der Waals surface area contributed by atoms with E-state index in [0.717, 1.165) is 52.4 Å². The number of benzene rings is 2. The number of aryl methyl sites for hydroxylation is 1. The van der Waals surface area contributed by atoms with Crippen LogP contribution in [0.1, 0.15) is 25.3 Å². The Morgan fingerprint density at radius 1 is 1.00 bits per heavy atom. The maximum atomic E-state index is 5.92. The molecule has 0 atom stereocenters. The zero-order chi connectivity index (χ0) is 32.2. The van der Waals surface area contributed by atoms with Crippen molar-refractivity contribution in [3.05, 3.63) is 58.8 Å². The molecule has 12 heteroatoms. The molecule has 244 valence electrons. The highest BCUT2D eigenvalue weighted by Crippen LogP contribution is 2.38. The summed E-state index contributed by atoms with van der Waals surface area (Å²) < 4.78 is 6.71. The van der Waals surface area contributed by atoms with Crippen LogP contribution in [0.3, 0.4) is 0 Å². The number of ether oxygens (including phenoxy) is 1. The fraction of sp³-hybridized carbons (Fsp3) is 0.441. The monoisotopic (exact) mass is 705 g/mol. The van der Waals surface area contributed by atoms with Gasteiger partial charge in [0, 0.05) is 80.7 Å². The number of aromatic nitrogens is 4. The Morgan fingerprint density at radius 3 is 2.46 bits per heavy atom. The third-order valence-electron chi connectivity index (χ3n) is 9.18. The molecule has 2 aliphatic heterocycles. The molecule has 0 bridgehead atoms. The molecule has 0 aliphatic carbocycles. The van der Waals surface area contributed by atoms with Gasteiger partial charge in [0.1, 0.15) is 11.6 Å². The first-order chi connectivity index (χ1) is 22.3. The molecule has 2 aliphatic rings. The summed E-state index contributed by atoms with van der Waals surface area (Å²) in [5.41, 5.74) is 6.55. The number of nitrogens with one attached hydrogen (secondary N) is 3. The topological polar surface area (TPSA) is 97.5 Å². The minimum Gasteiger partial charge on any atom is -0.494 e. The number of anilines is 5. The van der Waals surface area contributed by atoms with Crippen LogP contribution in [0.5, 0.6) is 5.75 Å². The minimum atomic E-state index is -0.387. The predicted molar refractivity (Wildman–Crippen MR) is 195 cm³/mol. The molecule has 0 unspecified atom stereocenters. The van der Waals surface area contributed by atoms with Crippen molar-refractivity contribution in [2.75, 3.05) is 82.3 Å². The Hall–Kier alpha value is -3.24. The molecule has 10 nitrogen and oxygen atoms in total. The quantitative estimate of drug-likeness (QED) is 0.165. The number of methoxy groups -OCH3 is 1. The fourth-order valence-corrected chi connectivity index (χ4v) is 7.77. The maximum absolute atomic E-state index is 5.92. The van der Waals surface area contributed by atoms with Gasteiger partial charge in [0.25, 0.3) is 0 Å². The molecule has 6 rings (SSSR count). The van der Waals surface area contributed by atoms with Crippen molar-refractivity contribution in [1.29, 1.82) is 0 Å². The molecular weight excluding hydrogens is 661 g/mol. The summed E-state index contributed by atoms with van der Waals surface area (Å²) in [6, 6.07) is 13.5. The normalized spacial score (nSPS) is 16.6. The molecule has 0 spiro atoms. The predicted octanol–water partition coefficient (Wildman–Crippen LogP) is 6.27. The molecule has 2 aromatic heterocycles. The number of H-pyrrole nitrogens is 1. The number of piperazine rings is 1. The number of likely N-dealkylation sites (N-methyl/N-ethyl adjacent to an activating group) is 1. The van der Waals surface area contributed by atoms with Crippen LogP contribution in [0.25, 0.3) is 11.3 Å². The summed E-state index contributed by atoms with van der Waals surface area (Å²) in [5.74, 6) is 1.98. The highest BCUT2D eigenvalue weighted by molar-refractivity contribution is 9.10. The van der Waals surface area contributed by atoms with Crippen molar-refractivity contribution in [3.8, 4) is 17.0 Å². The highest BCUT2D eigenvalue weighted by atomic mass is 79.9. The molecule has 0 radical (unpaired) electrons. The zero-order valence-corrected chi connectivity index (χ0v) is 30.0. The van der Waals surface area contributed by atoms with Gasteiger partial charge in [0.2, 0.25) is 5.95 Å². The third-order valence-corrected chi connectivity index (χ3v) is 11.1. The van der Waals surface area contributed by atoms with E-state index < -0.39 is 0 Å². The van der Waals surface area contributed by atoms with E-state index in [1.54, 1.807) is 19.5 Å². The Balaban J connectivity index is 1.19. The number of nitrogens with zero attached hydrogens (tertiary/aromatic N) is 6. The number of rotatable bonds is 10. The van der Waals surface area contributed by atoms with Crippen molar-refractivity contribution >= 4 is 58.0 Å².